The summed E-state index contributed by atoms with van der Waals surface area (Å²) in [7, 11) is -3.52. The van der Waals surface area contributed by atoms with Crippen LogP contribution in [-0.2, 0) is 19.4 Å². The van der Waals surface area contributed by atoms with Gasteiger partial charge in [0.1, 0.15) is 5.82 Å². The van der Waals surface area contributed by atoms with Crippen molar-refractivity contribution >= 4 is 43.4 Å². The third kappa shape index (κ3) is 5.89. The Morgan fingerprint density at radius 2 is 1.93 bits per heavy atom. The highest BCUT2D eigenvalue weighted by Gasteiger charge is 2.29. The number of rotatable bonds is 6. The summed E-state index contributed by atoms with van der Waals surface area (Å²) >= 11 is 3.30. The number of anilines is 1. The number of benzene rings is 1. The number of carbonyl (C=O) groups is 2. The summed E-state index contributed by atoms with van der Waals surface area (Å²) in [6, 6.07) is 10.1. The van der Waals surface area contributed by atoms with Crippen molar-refractivity contribution < 1.29 is 18.0 Å². The second-order valence-corrected chi connectivity index (χ2v) is 10.4. The average Bonchev–Trinajstić information content (AvgIpc) is 2.74. The average molecular weight is 494 g/mol. The minimum atomic E-state index is -3.52. The largest absolute Gasteiger partial charge is 0.342 e. The molecule has 9 heteroatoms. The van der Waals surface area contributed by atoms with Crippen LogP contribution >= 0.6 is 15.9 Å². The molecule has 2 heterocycles. The maximum absolute atomic E-state index is 12.6. The van der Waals surface area contributed by atoms with Gasteiger partial charge >= 0.3 is 0 Å². The second-order valence-electron chi connectivity index (χ2n) is 7.41. The van der Waals surface area contributed by atoms with Crippen molar-refractivity contribution in [3.05, 3.63) is 52.6 Å². The fourth-order valence-corrected chi connectivity index (χ4v) is 4.80. The van der Waals surface area contributed by atoms with E-state index in [0.29, 0.717) is 25.2 Å². The zero-order chi connectivity index (χ0) is 21.7. The van der Waals surface area contributed by atoms with Crippen molar-refractivity contribution in [3.8, 4) is 0 Å². The highest BCUT2D eigenvalue weighted by atomic mass is 79.9. The summed E-state index contributed by atoms with van der Waals surface area (Å²) in [6.07, 6.45) is 2.87. The molecule has 0 bridgehead atoms. The molecule has 3 rings (SSSR count). The number of aromatic nitrogens is 1. The lowest BCUT2D eigenvalue weighted by Crippen LogP contribution is -2.44. The zero-order valence-electron chi connectivity index (χ0n) is 16.7. The number of nitrogens with one attached hydrogen (secondary N) is 1. The van der Waals surface area contributed by atoms with Crippen LogP contribution in [0.2, 0.25) is 0 Å². The van der Waals surface area contributed by atoms with Gasteiger partial charge < -0.3 is 10.2 Å². The zero-order valence-corrected chi connectivity index (χ0v) is 19.1. The lowest BCUT2D eigenvalue weighted by atomic mass is 9.97. The molecule has 1 aromatic carbocycles. The maximum Gasteiger partial charge on any atom is 0.230 e. The molecular formula is C21H24BrN3O4S. The Kier molecular flexibility index (Phi) is 7.25. The molecule has 0 radical (unpaired) electrons. The molecule has 1 aromatic heterocycles. The molecule has 30 heavy (non-hydrogen) atoms. The first-order chi connectivity index (χ1) is 14.2. The van der Waals surface area contributed by atoms with Gasteiger partial charge in [-0.1, -0.05) is 17.7 Å². The van der Waals surface area contributed by atoms with E-state index in [1.165, 1.54) is 0 Å². The smallest absolute Gasteiger partial charge is 0.230 e. The van der Waals surface area contributed by atoms with Crippen LogP contribution in [0.5, 0.6) is 0 Å². The predicted molar refractivity (Wildman–Crippen MR) is 118 cm³/mol. The summed E-state index contributed by atoms with van der Waals surface area (Å²) in [5.41, 5.74) is 0.973. The third-order valence-corrected chi connectivity index (χ3v) is 7.29. The van der Waals surface area contributed by atoms with Crippen LogP contribution in [0, 0.1) is 12.8 Å². The number of aryl methyl sites for hydroxylation is 1. The highest BCUT2D eigenvalue weighted by Crippen LogP contribution is 2.20. The van der Waals surface area contributed by atoms with E-state index in [4.69, 9.17) is 0 Å². The van der Waals surface area contributed by atoms with Gasteiger partial charge in [-0.2, -0.15) is 0 Å². The number of likely N-dealkylation sites (tertiary alicyclic amines) is 1. The van der Waals surface area contributed by atoms with E-state index < -0.39 is 9.84 Å². The van der Waals surface area contributed by atoms with Crippen LogP contribution < -0.4 is 5.32 Å². The lowest BCUT2D eigenvalue weighted by molar-refractivity contribution is -0.134. The van der Waals surface area contributed by atoms with Crippen LogP contribution in [0.15, 0.2) is 52.0 Å². The molecule has 1 unspecified atom stereocenters. The van der Waals surface area contributed by atoms with Crippen molar-refractivity contribution in [3.63, 3.8) is 0 Å². The number of pyridine rings is 1. The molecule has 2 aromatic rings. The molecule has 160 valence electrons. The second kappa shape index (κ2) is 9.70. The first kappa shape index (κ1) is 22.4. The van der Waals surface area contributed by atoms with Gasteiger partial charge in [-0.15, -0.1) is 0 Å². The van der Waals surface area contributed by atoms with Gasteiger partial charge in [-0.25, -0.2) is 13.4 Å². The van der Waals surface area contributed by atoms with Gasteiger partial charge in [0.2, 0.25) is 11.8 Å². The maximum atomic E-state index is 12.6. The molecule has 1 fully saturated rings. The summed E-state index contributed by atoms with van der Waals surface area (Å²) < 4.78 is 25.8. The highest BCUT2D eigenvalue weighted by molar-refractivity contribution is 9.10. The van der Waals surface area contributed by atoms with Crippen molar-refractivity contribution in [1.82, 2.24) is 9.88 Å². The fourth-order valence-electron chi connectivity index (χ4n) is 3.34. The first-order valence-corrected chi connectivity index (χ1v) is 12.2. The molecule has 1 saturated heterocycles. The molecule has 1 N–H and O–H groups in total. The van der Waals surface area contributed by atoms with Crippen LogP contribution in [0.1, 0.15) is 24.8 Å². The fraction of sp³-hybridized carbons (Fsp3) is 0.381. The Morgan fingerprint density at radius 3 is 2.60 bits per heavy atom. The molecule has 1 aliphatic heterocycles. The Labute approximate surface area is 184 Å². The number of amides is 2. The topological polar surface area (TPSA) is 96.4 Å². The van der Waals surface area contributed by atoms with Gasteiger partial charge in [-0.05, 0) is 60.0 Å². The Bertz CT molecular complexity index is 1010. The van der Waals surface area contributed by atoms with Gasteiger partial charge in [0.05, 0.1) is 16.6 Å². The molecule has 1 atom stereocenters. The summed E-state index contributed by atoms with van der Waals surface area (Å²) in [6.45, 7) is 2.70. The van der Waals surface area contributed by atoms with E-state index in [9.17, 15) is 18.0 Å². The monoisotopic (exact) mass is 493 g/mol. The van der Waals surface area contributed by atoms with E-state index >= 15 is 0 Å². The summed E-state index contributed by atoms with van der Waals surface area (Å²) in [4.78, 5) is 31.1. The molecule has 7 nitrogen and oxygen atoms in total. The lowest BCUT2D eigenvalue weighted by Gasteiger charge is -2.32. The molecule has 1 aliphatic rings. The van der Waals surface area contributed by atoms with Crippen molar-refractivity contribution in [2.24, 2.45) is 5.92 Å². The Morgan fingerprint density at radius 1 is 1.20 bits per heavy atom. The molecule has 0 spiro atoms. The summed E-state index contributed by atoms with van der Waals surface area (Å²) in [5, 5.41) is 2.78. The molecule has 0 saturated carbocycles. The molecular weight excluding hydrogens is 470 g/mol. The van der Waals surface area contributed by atoms with Crippen molar-refractivity contribution in [2.45, 2.75) is 31.1 Å². The normalized spacial score (nSPS) is 16.9. The number of nitrogens with zero attached hydrogens (tertiary/aromatic N) is 2. The third-order valence-electron chi connectivity index (χ3n) is 5.09. The SMILES string of the molecule is Cc1ccc(S(=O)(=O)CCC(=O)N2CCCC(C(=O)Nc3ccc(Br)cn3)C2)cc1. The number of carbonyl (C=O) groups excluding carboxylic acids is 2. The van der Waals surface area contributed by atoms with Gasteiger partial charge in [-0.3, -0.25) is 9.59 Å². The number of hydrogen-bond donors (Lipinski definition) is 1. The Hall–Kier alpha value is -2.26. The van der Waals surface area contributed by atoms with E-state index in [2.05, 4.69) is 26.2 Å². The van der Waals surface area contributed by atoms with Crippen LogP contribution in [0.25, 0.3) is 0 Å². The van der Waals surface area contributed by atoms with Crippen molar-refractivity contribution in [1.29, 1.82) is 0 Å². The van der Waals surface area contributed by atoms with Crippen LogP contribution in [0.3, 0.4) is 0 Å². The van der Waals surface area contributed by atoms with Gasteiger partial charge in [0, 0.05) is 30.2 Å². The number of hydrogen-bond acceptors (Lipinski definition) is 5. The number of piperidine rings is 1. The minimum absolute atomic E-state index is 0.0984. The Balaban J connectivity index is 1.55. The number of halogens is 1. The molecule has 2 amide bonds. The van der Waals surface area contributed by atoms with E-state index in [1.807, 2.05) is 6.92 Å². The predicted octanol–water partition coefficient (Wildman–Crippen LogP) is 3.19. The van der Waals surface area contributed by atoms with E-state index in [0.717, 1.165) is 10.0 Å². The van der Waals surface area contributed by atoms with E-state index in [1.54, 1.807) is 47.5 Å². The van der Waals surface area contributed by atoms with Crippen molar-refractivity contribution in [2.75, 3.05) is 24.2 Å². The number of sulfone groups is 1. The van der Waals surface area contributed by atoms with Gasteiger partial charge in [0.15, 0.2) is 9.84 Å². The first-order valence-electron chi connectivity index (χ1n) is 9.74. The van der Waals surface area contributed by atoms with Crippen LogP contribution in [-0.4, -0.2) is 49.0 Å². The minimum Gasteiger partial charge on any atom is -0.342 e. The summed E-state index contributed by atoms with van der Waals surface area (Å²) in [5.74, 6) is -0.567. The quantitative estimate of drug-likeness (QED) is 0.666. The molecule has 0 aliphatic carbocycles. The van der Waals surface area contributed by atoms with Crippen LogP contribution in [0.4, 0.5) is 5.82 Å². The van der Waals surface area contributed by atoms with Gasteiger partial charge in [0.25, 0.3) is 0 Å². The van der Waals surface area contributed by atoms with E-state index in [-0.39, 0.29) is 41.3 Å². The standard InChI is InChI=1S/C21H24BrN3O4S/c1-15-4-7-18(8-5-15)30(28,29)12-10-20(26)25-11-2-3-16(14-25)21(27)24-19-9-6-17(22)13-23-19/h4-9,13,16H,2-3,10-12,14H2,1H3,(H,23,24,27).